The second-order valence-corrected chi connectivity index (χ2v) is 8.40. The van der Waals surface area contributed by atoms with Crippen LogP contribution < -0.4 is 5.32 Å². The zero-order chi connectivity index (χ0) is 20.9. The van der Waals surface area contributed by atoms with Crippen molar-refractivity contribution in [2.45, 2.75) is 19.0 Å². The fourth-order valence-corrected chi connectivity index (χ4v) is 4.55. The molecule has 3 aromatic carbocycles. The van der Waals surface area contributed by atoms with Gasteiger partial charge in [0.15, 0.2) is 0 Å². The molecule has 4 rings (SSSR count). The summed E-state index contributed by atoms with van der Waals surface area (Å²) < 4.78 is 1.14. The summed E-state index contributed by atoms with van der Waals surface area (Å²) >= 11 is 1.64. The lowest BCUT2D eigenvalue weighted by molar-refractivity contribution is -0.130. The van der Waals surface area contributed by atoms with Gasteiger partial charge in [-0.2, -0.15) is 0 Å². The first-order chi connectivity index (χ1) is 14.6. The molecule has 0 aliphatic carbocycles. The number of carbonyl (C=O) groups is 1. The number of rotatable bonds is 7. The van der Waals surface area contributed by atoms with Gasteiger partial charge in [-0.25, -0.2) is 4.98 Å². The molecule has 0 bridgehead atoms. The molecule has 0 aliphatic heterocycles. The maximum Gasteiger partial charge on any atom is 0.236 e. The Labute approximate surface area is 181 Å². The largest absolute Gasteiger partial charge is 0.335 e. The highest BCUT2D eigenvalue weighted by molar-refractivity contribution is 7.18. The molecule has 1 atom stereocenters. The number of nitrogens with zero attached hydrogens (tertiary/aromatic N) is 2. The zero-order valence-corrected chi connectivity index (χ0v) is 18.0. The van der Waals surface area contributed by atoms with E-state index < -0.39 is 0 Å². The molecule has 0 aliphatic rings. The number of hydrogen-bond acceptors (Lipinski definition) is 4. The molecule has 0 saturated carbocycles. The predicted octanol–water partition coefficient (Wildman–Crippen LogP) is 5.19. The first-order valence-electron chi connectivity index (χ1n) is 10.1. The number of benzene rings is 3. The normalized spacial score (nSPS) is 12.2. The topological polar surface area (TPSA) is 45.2 Å². The Balaban J connectivity index is 1.47. The summed E-state index contributed by atoms with van der Waals surface area (Å²) in [6, 6.07) is 28.4. The van der Waals surface area contributed by atoms with E-state index in [4.69, 9.17) is 4.98 Å². The molecule has 4 nitrogen and oxygen atoms in total. The molecule has 0 spiro atoms. The molecular formula is C25H25N3OS. The lowest BCUT2D eigenvalue weighted by Gasteiger charge is -2.25. The van der Waals surface area contributed by atoms with Gasteiger partial charge in [-0.1, -0.05) is 72.8 Å². The number of thiazole rings is 1. The molecule has 1 amide bonds. The van der Waals surface area contributed by atoms with E-state index in [9.17, 15) is 4.79 Å². The van der Waals surface area contributed by atoms with Crippen LogP contribution in [0.25, 0.3) is 10.2 Å². The van der Waals surface area contributed by atoms with Crippen molar-refractivity contribution in [3.63, 3.8) is 0 Å². The van der Waals surface area contributed by atoms with Crippen molar-refractivity contribution in [1.82, 2.24) is 15.2 Å². The van der Waals surface area contributed by atoms with E-state index in [2.05, 4.69) is 35.6 Å². The smallest absolute Gasteiger partial charge is 0.236 e. The van der Waals surface area contributed by atoms with Crippen LogP contribution in [0.2, 0.25) is 0 Å². The maximum absolute atomic E-state index is 13.0. The summed E-state index contributed by atoms with van der Waals surface area (Å²) in [7, 11) is 1.85. The minimum absolute atomic E-state index is 0.0393. The van der Waals surface area contributed by atoms with Crippen molar-refractivity contribution in [3.8, 4) is 0 Å². The minimum Gasteiger partial charge on any atom is -0.335 e. The van der Waals surface area contributed by atoms with Gasteiger partial charge in [0, 0.05) is 7.05 Å². The van der Waals surface area contributed by atoms with Crippen LogP contribution in [0, 0.1) is 0 Å². The van der Waals surface area contributed by atoms with Crippen molar-refractivity contribution in [1.29, 1.82) is 0 Å². The van der Waals surface area contributed by atoms with Crippen LogP contribution in [0.4, 0.5) is 0 Å². The summed E-state index contributed by atoms with van der Waals surface area (Å²) in [5, 5.41) is 4.41. The van der Waals surface area contributed by atoms with E-state index in [1.165, 1.54) is 0 Å². The van der Waals surface area contributed by atoms with Gasteiger partial charge in [0.2, 0.25) is 5.91 Å². The maximum atomic E-state index is 13.0. The van der Waals surface area contributed by atoms with Gasteiger partial charge in [-0.15, -0.1) is 11.3 Å². The molecule has 1 aromatic heterocycles. The molecule has 0 radical (unpaired) electrons. The third-order valence-corrected chi connectivity index (χ3v) is 6.57. The van der Waals surface area contributed by atoms with Crippen molar-refractivity contribution >= 4 is 27.5 Å². The van der Waals surface area contributed by atoms with Gasteiger partial charge < -0.3 is 4.90 Å². The van der Waals surface area contributed by atoms with E-state index in [1.54, 1.807) is 16.2 Å². The van der Waals surface area contributed by atoms with E-state index in [0.29, 0.717) is 0 Å². The van der Waals surface area contributed by atoms with Gasteiger partial charge in [-0.05, 0) is 30.2 Å². The van der Waals surface area contributed by atoms with E-state index in [0.717, 1.165) is 26.4 Å². The Kier molecular flexibility index (Phi) is 6.21. The Morgan fingerprint density at radius 3 is 2.10 bits per heavy atom. The minimum atomic E-state index is -0.0800. The number of carbonyl (C=O) groups excluding carboxylic acids is 1. The van der Waals surface area contributed by atoms with Gasteiger partial charge in [-0.3, -0.25) is 10.1 Å². The van der Waals surface area contributed by atoms with Crippen molar-refractivity contribution in [3.05, 3.63) is 101 Å². The Morgan fingerprint density at radius 2 is 1.50 bits per heavy atom. The third kappa shape index (κ3) is 4.42. The first-order valence-corrected chi connectivity index (χ1v) is 10.9. The van der Waals surface area contributed by atoms with Crippen LogP contribution in [0.3, 0.4) is 0 Å². The lowest BCUT2D eigenvalue weighted by atomic mass is 9.99. The molecule has 30 heavy (non-hydrogen) atoms. The quantitative estimate of drug-likeness (QED) is 0.451. The average Bonchev–Trinajstić information content (AvgIpc) is 3.24. The average molecular weight is 416 g/mol. The summed E-state index contributed by atoms with van der Waals surface area (Å²) in [5.41, 5.74) is 3.26. The number of nitrogens with one attached hydrogen (secondary N) is 1. The molecule has 0 saturated heterocycles. The SMILES string of the molecule is C[C@@H](c1nc2ccccc2s1)N(C)C(=O)CNC(c1ccccc1)c1ccccc1. The van der Waals surface area contributed by atoms with E-state index in [-0.39, 0.29) is 24.5 Å². The summed E-state index contributed by atoms with van der Waals surface area (Å²) in [6.07, 6.45) is 0. The first kappa shape index (κ1) is 20.3. The number of aromatic nitrogens is 1. The Hall–Kier alpha value is -3.02. The van der Waals surface area contributed by atoms with Crippen LogP contribution in [0.1, 0.15) is 35.1 Å². The predicted molar refractivity (Wildman–Crippen MR) is 124 cm³/mol. The second kappa shape index (κ2) is 9.20. The number of fused-ring (bicyclic) bond motifs is 1. The fourth-order valence-electron chi connectivity index (χ4n) is 3.48. The van der Waals surface area contributed by atoms with Crippen LogP contribution in [0.5, 0.6) is 0 Å². The van der Waals surface area contributed by atoms with Crippen LogP contribution in [-0.2, 0) is 4.79 Å². The third-order valence-electron chi connectivity index (χ3n) is 5.37. The number of hydrogen-bond donors (Lipinski definition) is 1. The fraction of sp³-hybridized carbons (Fsp3) is 0.200. The van der Waals surface area contributed by atoms with Gasteiger partial charge in [0.1, 0.15) is 5.01 Å². The summed E-state index contributed by atoms with van der Waals surface area (Å²) in [4.78, 5) is 19.5. The zero-order valence-electron chi connectivity index (χ0n) is 17.2. The highest BCUT2D eigenvalue weighted by Crippen LogP contribution is 2.29. The van der Waals surface area contributed by atoms with E-state index in [1.807, 2.05) is 68.6 Å². The molecule has 1 heterocycles. The lowest BCUT2D eigenvalue weighted by Crippen LogP contribution is -2.38. The number of likely N-dealkylation sites (N-methyl/N-ethyl adjacent to an activating group) is 1. The molecule has 0 unspecified atom stereocenters. The Bertz CT molecular complexity index is 1040. The summed E-state index contributed by atoms with van der Waals surface area (Å²) in [6.45, 7) is 2.28. The molecule has 5 heteroatoms. The molecule has 1 N–H and O–H groups in total. The molecule has 152 valence electrons. The number of amides is 1. The highest BCUT2D eigenvalue weighted by atomic mass is 32.1. The second-order valence-electron chi connectivity index (χ2n) is 7.34. The van der Waals surface area contributed by atoms with Crippen LogP contribution in [0.15, 0.2) is 84.9 Å². The highest BCUT2D eigenvalue weighted by Gasteiger charge is 2.22. The van der Waals surface area contributed by atoms with Crippen molar-refractivity contribution in [2.75, 3.05) is 13.6 Å². The van der Waals surface area contributed by atoms with Crippen molar-refractivity contribution in [2.24, 2.45) is 0 Å². The molecule has 0 fully saturated rings. The summed E-state index contributed by atoms with van der Waals surface area (Å²) in [5.74, 6) is 0.0404. The molecular weight excluding hydrogens is 390 g/mol. The van der Waals surface area contributed by atoms with Crippen LogP contribution in [-0.4, -0.2) is 29.4 Å². The van der Waals surface area contributed by atoms with Crippen LogP contribution >= 0.6 is 11.3 Å². The monoisotopic (exact) mass is 415 g/mol. The van der Waals surface area contributed by atoms with E-state index >= 15 is 0 Å². The standard InChI is InChI=1S/C25H25N3OS/c1-18(25-27-21-15-9-10-16-22(21)30-25)28(2)23(29)17-26-24(19-11-5-3-6-12-19)20-13-7-4-8-14-20/h3-16,18,24,26H,17H2,1-2H3/t18-/m0/s1. The molecule has 4 aromatic rings. The number of para-hydroxylation sites is 1. The van der Waals surface area contributed by atoms with Gasteiger partial charge in [0.05, 0.1) is 28.8 Å². The van der Waals surface area contributed by atoms with Crippen molar-refractivity contribution < 1.29 is 4.79 Å². The Morgan fingerprint density at radius 1 is 0.933 bits per heavy atom. The van der Waals surface area contributed by atoms with Gasteiger partial charge in [0.25, 0.3) is 0 Å². The van der Waals surface area contributed by atoms with Gasteiger partial charge >= 0.3 is 0 Å².